The van der Waals surface area contributed by atoms with Gasteiger partial charge in [0.15, 0.2) is 0 Å². The molecule has 0 aliphatic carbocycles. The monoisotopic (exact) mass is 386 g/mol. The van der Waals surface area contributed by atoms with E-state index < -0.39 is 0 Å². The Labute approximate surface area is 161 Å². The third kappa shape index (κ3) is 4.50. The second-order valence-electron chi connectivity index (χ2n) is 5.65. The van der Waals surface area contributed by atoms with Crippen molar-refractivity contribution in [1.82, 2.24) is 9.97 Å². The summed E-state index contributed by atoms with van der Waals surface area (Å²) in [7, 11) is 0. The first kappa shape index (κ1) is 18.2. The molecule has 1 amide bonds. The zero-order valence-corrected chi connectivity index (χ0v) is 15.5. The lowest BCUT2D eigenvalue weighted by molar-refractivity contribution is 0.102. The first-order valence-electron chi connectivity index (χ1n) is 7.90. The molecule has 3 rings (SSSR count). The largest absolute Gasteiger partial charge is 0.350 e. The van der Waals surface area contributed by atoms with Crippen molar-refractivity contribution in [2.75, 3.05) is 10.6 Å². The lowest BCUT2D eigenvalue weighted by atomic mass is 10.1. The highest BCUT2D eigenvalue weighted by molar-refractivity contribution is 6.35. The summed E-state index contributed by atoms with van der Waals surface area (Å²) >= 11 is 12.0. The average Bonchev–Trinajstić information content (AvgIpc) is 2.64. The fourth-order valence-corrected chi connectivity index (χ4v) is 2.64. The van der Waals surface area contributed by atoms with Crippen molar-refractivity contribution in [2.24, 2.45) is 0 Å². The highest BCUT2D eigenvalue weighted by atomic mass is 35.5. The molecule has 0 saturated heterocycles. The van der Waals surface area contributed by atoms with Crippen molar-refractivity contribution in [3.8, 4) is 0 Å². The smallest absolute Gasteiger partial charge is 0.258 e. The highest BCUT2D eigenvalue weighted by Crippen LogP contribution is 2.25. The van der Waals surface area contributed by atoms with Crippen LogP contribution in [-0.4, -0.2) is 15.9 Å². The Morgan fingerprint density at radius 3 is 2.54 bits per heavy atom. The summed E-state index contributed by atoms with van der Waals surface area (Å²) in [6.45, 7) is 2.66. The number of carbonyl (C=O) groups is 1. The van der Waals surface area contributed by atoms with Crippen LogP contribution in [0.3, 0.4) is 0 Å². The molecule has 5 nitrogen and oxygen atoms in total. The van der Waals surface area contributed by atoms with Crippen LogP contribution in [0.2, 0.25) is 10.0 Å². The number of aryl methyl sites for hydroxylation is 1. The first-order chi connectivity index (χ1) is 12.5. The first-order valence-corrected chi connectivity index (χ1v) is 8.65. The van der Waals surface area contributed by atoms with Gasteiger partial charge in [0.2, 0.25) is 5.95 Å². The van der Waals surface area contributed by atoms with Crippen LogP contribution >= 0.6 is 23.2 Å². The Bertz CT molecular complexity index is 929. The summed E-state index contributed by atoms with van der Waals surface area (Å²) in [4.78, 5) is 20.7. The van der Waals surface area contributed by atoms with Gasteiger partial charge in [-0.15, -0.1) is 0 Å². The van der Waals surface area contributed by atoms with E-state index in [0.29, 0.717) is 33.8 Å². The number of halogens is 2. The summed E-state index contributed by atoms with van der Waals surface area (Å²) in [5.41, 5.74) is 3.11. The van der Waals surface area contributed by atoms with Gasteiger partial charge in [-0.2, -0.15) is 0 Å². The van der Waals surface area contributed by atoms with E-state index in [0.717, 1.165) is 5.56 Å². The van der Waals surface area contributed by atoms with Gasteiger partial charge < -0.3 is 10.6 Å². The van der Waals surface area contributed by atoms with Crippen LogP contribution in [-0.2, 0) is 6.54 Å². The Morgan fingerprint density at radius 2 is 1.81 bits per heavy atom. The van der Waals surface area contributed by atoms with Crippen LogP contribution in [0.25, 0.3) is 0 Å². The molecule has 2 N–H and O–H groups in total. The number of nitrogens with one attached hydrogen (secondary N) is 2. The standard InChI is InChI=1S/C19H16Cl2N4O/c1-12-4-2-3-5-13(12)9-22-19-23-10-14(11-24-19)18(26)25-17-8-15(20)6-7-16(17)21/h2-8,10-11H,9H2,1H3,(H,25,26)(H,22,23,24). The number of hydrogen-bond donors (Lipinski definition) is 2. The van der Waals surface area contributed by atoms with Gasteiger partial charge in [-0.05, 0) is 36.2 Å². The number of amides is 1. The number of benzene rings is 2. The van der Waals surface area contributed by atoms with Crippen molar-refractivity contribution in [3.63, 3.8) is 0 Å². The molecule has 2 aromatic carbocycles. The number of anilines is 2. The van der Waals surface area contributed by atoms with Crippen molar-refractivity contribution < 1.29 is 4.79 Å². The second-order valence-corrected chi connectivity index (χ2v) is 6.50. The van der Waals surface area contributed by atoms with Gasteiger partial charge in [0, 0.05) is 24.0 Å². The fraction of sp³-hybridized carbons (Fsp3) is 0.105. The molecule has 0 spiro atoms. The van der Waals surface area contributed by atoms with Crippen molar-refractivity contribution in [2.45, 2.75) is 13.5 Å². The summed E-state index contributed by atoms with van der Waals surface area (Å²) in [6.07, 6.45) is 2.92. The van der Waals surface area contributed by atoms with Crippen molar-refractivity contribution >= 4 is 40.7 Å². The van der Waals surface area contributed by atoms with Gasteiger partial charge in [0.05, 0.1) is 16.3 Å². The zero-order chi connectivity index (χ0) is 18.5. The predicted octanol–water partition coefficient (Wildman–Crippen LogP) is 4.96. The molecule has 1 heterocycles. The van der Waals surface area contributed by atoms with Crippen LogP contribution in [0, 0.1) is 6.92 Å². The molecule has 3 aromatic rings. The van der Waals surface area contributed by atoms with E-state index in [-0.39, 0.29) is 5.91 Å². The Morgan fingerprint density at radius 1 is 1.08 bits per heavy atom. The minimum Gasteiger partial charge on any atom is -0.350 e. The third-order valence-corrected chi connectivity index (χ3v) is 4.35. The van der Waals surface area contributed by atoms with E-state index in [1.807, 2.05) is 31.2 Å². The van der Waals surface area contributed by atoms with Gasteiger partial charge in [0.1, 0.15) is 0 Å². The number of aromatic nitrogens is 2. The maximum atomic E-state index is 12.3. The molecule has 0 unspecified atom stereocenters. The molecule has 0 radical (unpaired) electrons. The van der Waals surface area contributed by atoms with Crippen molar-refractivity contribution in [3.05, 3.63) is 81.6 Å². The molecule has 0 atom stereocenters. The lowest BCUT2D eigenvalue weighted by Gasteiger charge is -2.09. The quantitative estimate of drug-likeness (QED) is 0.650. The average molecular weight is 387 g/mol. The summed E-state index contributed by atoms with van der Waals surface area (Å²) in [5, 5.41) is 6.72. The van der Waals surface area contributed by atoms with E-state index in [9.17, 15) is 4.79 Å². The molecule has 0 aliphatic rings. The predicted molar refractivity (Wildman–Crippen MR) is 105 cm³/mol. The molecule has 1 aromatic heterocycles. The van der Waals surface area contributed by atoms with Gasteiger partial charge in [-0.3, -0.25) is 4.79 Å². The number of nitrogens with zero attached hydrogens (tertiary/aromatic N) is 2. The third-order valence-electron chi connectivity index (χ3n) is 3.79. The lowest BCUT2D eigenvalue weighted by Crippen LogP contribution is -2.14. The van der Waals surface area contributed by atoms with Gasteiger partial charge >= 0.3 is 0 Å². The van der Waals surface area contributed by atoms with E-state index in [4.69, 9.17) is 23.2 Å². The molecular weight excluding hydrogens is 371 g/mol. The minimum absolute atomic E-state index is 0.322. The molecule has 132 valence electrons. The van der Waals surface area contributed by atoms with E-state index >= 15 is 0 Å². The fourth-order valence-electron chi connectivity index (χ4n) is 2.31. The molecule has 0 saturated carbocycles. The molecule has 0 aliphatic heterocycles. The molecule has 0 fully saturated rings. The maximum Gasteiger partial charge on any atom is 0.258 e. The van der Waals surface area contributed by atoms with Crippen molar-refractivity contribution in [1.29, 1.82) is 0 Å². The van der Waals surface area contributed by atoms with Crippen LogP contribution in [0.4, 0.5) is 11.6 Å². The van der Waals surface area contributed by atoms with Crippen LogP contribution in [0.15, 0.2) is 54.9 Å². The normalized spacial score (nSPS) is 10.4. The van der Waals surface area contributed by atoms with Gasteiger partial charge in [0.25, 0.3) is 5.91 Å². The number of carbonyl (C=O) groups excluding carboxylic acids is 1. The molecule has 7 heteroatoms. The zero-order valence-electron chi connectivity index (χ0n) is 14.0. The Balaban J connectivity index is 1.64. The number of rotatable bonds is 5. The van der Waals surface area contributed by atoms with E-state index in [1.54, 1.807) is 18.2 Å². The SMILES string of the molecule is Cc1ccccc1CNc1ncc(C(=O)Nc2cc(Cl)ccc2Cl)cn1. The topological polar surface area (TPSA) is 66.9 Å². The van der Waals surface area contributed by atoms with E-state index in [2.05, 4.69) is 20.6 Å². The second kappa shape index (κ2) is 8.17. The highest BCUT2D eigenvalue weighted by Gasteiger charge is 2.10. The summed E-state index contributed by atoms with van der Waals surface area (Å²) in [6, 6.07) is 12.9. The summed E-state index contributed by atoms with van der Waals surface area (Å²) in [5.74, 6) is 0.0882. The van der Waals surface area contributed by atoms with Crippen LogP contribution < -0.4 is 10.6 Å². The molecular formula is C19H16Cl2N4O. The Hall–Kier alpha value is -2.63. The molecule has 26 heavy (non-hydrogen) atoms. The molecule has 0 bridgehead atoms. The van der Waals surface area contributed by atoms with Crippen LogP contribution in [0.5, 0.6) is 0 Å². The van der Waals surface area contributed by atoms with Crippen LogP contribution in [0.1, 0.15) is 21.5 Å². The summed E-state index contributed by atoms with van der Waals surface area (Å²) < 4.78 is 0. The number of hydrogen-bond acceptors (Lipinski definition) is 4. The Kier molecular flexibility index (Phi) is 5.71. The van der Waals surface area contributed by atoms with Gasteiger partial charge in [-0.1, -0.05) is 47.5 Å². The van der Waals surface area contributed by atoms with Gasteiger partial charge in [-0.25, -0.2) is 9.97 Å². The maximum absolute atomic E-state index is 12.3. The van der Waals surface area contributed by atoms with E-state index in [1.165, 1.54) is 18.0 Å². The minimum atomic E-state index is -0.361.